The quantitative estimate of drug-likeness (QED) is 0.171. The minimum Gasteiger partial charge on any atom is -0.497 e. The summed E-state index contributed by atoms with van der Waals surface area (Å²) in [5.74, 6) is 1.20. The van der Waals surface area contributed by atoms with Gasteiger partial charge in [0.05, 0.1) is 18.4 Å². The highest BCUT2D eigenvalue weighted by Crippen LogP contribution is 2.35. The van der Waals surface area contributed by atoms with Crippen molar-refractivity contribution in [1.29, 1.82) is 5.26 Å². The van der Waals surface area contributed by atoms with Gasteiger partial charge in [0.15, 0.2) is 0 Å². The van der Waals surface area contributed by atoms with Crippen LogP contribution in [-0.4, -0.2) is 23.8 Å². The van der Waals surface area contributed by atoms with Crippen LogP contribution < -0.4 is 9.64 Å². The number of anilines is 2. The zero-order chi connectivity index (χ0) is 28.6. The number of ether oxygens (including phenoxy) is 1. The molecule has 0 atom stereocenters. The number of pyridine rings is 1. The third kappa shape index (κ3) is 6.49. The largest absolute Gasteiger partial charge is 0.497 e. The number of amides is 1. The van der Waals surface area contributed by atoms with Gasteiger partial charge in [-0.05, 0) is 67.1 Å². The van der Waals surface area contributed by atoms with E-state index in [1.165, 1.54) is 11.8 Å². The van der Waals surface area contributed by atoms with E-state index in [9.17, 15) is 10.1 Å². The molecule has 5 nitrogen and oxygen atoms in total. The van der Waals surface area contributed by atoms with Crippen LogP contribution in [-0.2, 0) is 4.79 Å². The maximum atomic E-state index is 13.6. The van der Waals surface area contributed by atoms with E-state index in [2.05, 4.69) is 6.07 Å². The highest BCUT2D eigenvalue weighted by atomic mass is 32.2. The summed E-state index contributed by atoms with van der Waals surface area (Å²) in [7, 11) is 1.64. The van der Waals surface area contributed by atoms with E-state index in [4.69, 9.17) is 9.72 Å². The molecule has 0 aliphatic heterocycles. The summed E-state index contributed by atoms with van der Waals surface area (Å²) in [5, 5.41) is 10.9. The Labute approximate surface area is 245 Å². The fourth-order valence-electron chi connectivity index (χ4n) is 4.54. The standard InChI is InChI=1S/C35H29N3O2S/c1-25-13-15-26(16-14-25)31-23-33(27-17-19-30(40-2)20-18-27)37-35(32(31)24-36)41-22-21-34(39)38(28-9-5-3-6-10-28)29-11-7-4-8-12-29/h3-20,23H,21-22H2,1-2H3. The lowest BCUT2D eigenvalue weighted by Gasteiger charge is -2.23. The van der Waals surface area contributed by atoms with Crippen molar-refractivity contribution in [2.45, 2.75) is 18.4 Å². The fraction of sp³-hybridized carbons (Fsp3) is 0.114. The van der Waals surface area contributed by atoms with Gasteiger partial charge in [0.25, 0.3) is 0 Å². The molecule has 0 bridgehead atoms. The second kappa shape index (κ2) is 13.0. The highest BCUT2D eigenvalue weighted by Gasteiger charge is 2.20. The maximum absolute atomic E-state index is 13.6. The van der Waals surface area contributed by atoms with Crippen molar-refractivity contribution in [3.05, 3.63) is 126 Å². The van der Waals surface area contributed by atoms with Crippen LogP contribution in [0.4, 0.5) is 11.4 Å². The molecule has 6 heteroatoms. The van der Waals surface area contributed by atoms with Gasteiger partial charge in [0.2, 0.25) is 5.91 Å². The number of aromatic nitrogens is 1. The predicted molar refractivity (Wildman–Crippen MR) is 166 cm³/mol. The first-order valence-corrected chi connectivity index (χ1v) is 14.3. The molecule has 5 aromatic rings. The van der Waals surface area contributed by atoms with E-state index in [-0.39, 0.29) is 12.3 Å². The fourth-order valence-corrected chi connectivity index (χ4v) is 5.48. The van der Waals surface area contributed by atoms with E-state index < -0.39 is 0 Å². The molecule has 0 fully saturated rings. The molecular weight excluding hydrogens is 526 g/mol. The number of carbonyl (C=O) groups is 1. The minimum atomic E-state index is -0.0292. The molecule has 1 aromatic heterocycles. The SMILES string of the molecule is COc1ccc(-c2cc(-c3ccc(C)cc3)c(C#N)c(SCCC(=O)N(c3ccccc3)c3ccccc3)n2)cc1. The van der Waals surface area contributed by atoms with Gasteiger partial charge in [0.1, 0.15) is 16.8 Å². The van der Waals surface area contributed by atoms with Crippen LogP contribution in [0.2, 0.25) is 0 Å². The first-order valence-electron chi connectivity index (χ1n) is 13.3. The van der Waals surface area contributed by atoms with Crippen molar-refractivity contribution >= 4 is 29.0 Å². The van der Waals surface area contributed by atoms with Crippen molar-refractivity contribution in [3.8, 4) is 34.2 Å². The van der Waals surface area contributed by atoms with Crippen LogP contribution in [0.3, 0.4) is 0 Å². The number of benzene rings is 4. The molecule has 202 valence electrons. The molecule has 0 aliphatic rings. The summed E-state index contributed by atoms with van der Waals surface area (Å²) in [4.78, 5) is 20.2. The van der Waals surface area contributed by atoms with Crippen LogP contribution in [0.15, 0.2) is 120 Å². The molecule has 0 spiro atoms. The smallest absolute Gasteiger partial charge is 0.232 e. The van der Waals surface area contributed by atoms with Crippen molar-refractivity contribution in [2.75, 3.05) is 17.8 Å². The minimum absolute atomic E-state index is 0.0292. The molecule has 0 radical (unpaired) electrons. The molecule has 0 saturated carbocycles. The first-order chi connectivity index (χ1) is 20.1. The van der Waals surface area contributed by atoms with Gasteiger partial charge in [0, 0.05) is 34.7 Å². The van der Waals surface area contributed by atoms with Gasteiger partial charge < -0.3 is 4.74 Å². The molecule has 0 aliphatic carbocycles. The van der Waals surface area contributed by atoms with Gasteiger partial charge in [-0.25, -0.2) is 4.98 Å². The second-order valence-electron chi connectivity index (χ2n) is 9.44. The molecule has 0 saturated heterocycles. The lowest BCUT2D eigenvalue weighted by molar-refractivity contribution is -0.117. The van der Waals surface area contributed by atoms with Gasteiger partial charge in [-0.3, -0.25) is 9.69 Å². The van der Waals surface area contributed by atoms with Crippen molar-refractivity contribution in [1.82, 2.24) is 4.98 Å². The normalized spacial score (nSPS) is 10.6. The van der Waals surface area contributed by atoms with E-state index in [1.54, 1.807) is 12.0 Å². The summed E-state index contributed by atoms with van der Waals surface area (Å²) in [6.07, 6.45) is 0.271. The van der Waals surface area contributed by atoms with E-state index in [1.807, 2.05) is 122 Å². The number of methoxy groups -OCH3 is 1. The van der Waals surface area contributed by atoms with E-state index >= 15 is 0 Å². The molecule has 0 N–H and O–H groups in total. The van der Waals surface area contributed by atoms with Gasteiger partial charge in [-0.15, -0.1) is 11.8 Å². The Morgan fingerprint density at radius 2 is 1.44 bits per heavy atom. The molecule has 1 heterocycles. The first kappa shape index (κ1) is 27.7. The third-order valence-corrected chi connectivity index (χ3v) is 7.66. The average Bonchev–Trinajstić information content (AvgIpc) is 3.02. The lowest BCUT2D eigenvalue weighted by atomic mass is 9.98. The number of nitriles is 1. The Morgan fingerprint density at radius 3 is 2.00 bits per heavy atom. The van der Waals surface area contributed by atoms with Crippen LogP contribution in [0.5, 0.6) is 5.75 Å². The predicted octanol–water partition coefficient (Wildman–Crippen LogP) is 8.45. The number of aryl methyl sites for hydroxylation is 1. The Balaban J connectivity index is 1.46. The molecule has 1 amide bonds. The number of hydrogen-bond donors (Lipinski definition) is 0. The Morgan fingerprint density at radius 1 is 0.854 bits per heavy atom. The van der Waals surface area contributed by atoms with Crippen LogP contribution in [0.25, 0.3) is 22.4 Å². The third-order valence-electron chi connectivity index (χ3n) is 6.68. The molecule has 0 unspecified atom stereocenters. The maximum Gasteiger partial charge on any atom is 0.232 e. The topological polar surface area (TPSA) is 66.2 Å². The van der Waals surface area contributed by atoms with Crippen LogP contribution in [0, 0.1) is 18.3 Å². The molecule has 41 heavy (non-hydrogen) atoms. The van der Waals surface area contributed by atoms with Gasteiger partial charge in [-0.2, -0.15) is 5.26 Å². The number of rotatable bonds is 9. The monoisotopic (exact) mass is 555 g/mol. The zero-order valence-electron chi connectivity index (χ0n) is 23.0. The summed E-state index contributed by atoms with van der Waals surface area (Å²) >= 11 is 1.43. The second-order valence-corrected chi connectivity index (χ2v) is 10.5. The van der Waals surface area contributed by atoms with Crippen LogP contribution in [0.1, 0.15) is 17.5 Å². The lowest BCUT2D eigenvalue weighted by Crippen LogP contribution is -2.26. The molecule has 5 rings (SSSR count). The van der Waals surface area contributed by atoms with Gasteiger partial charge in [-0.1, -0.05) is 66.2 Å². The summed E-state index contributed by atoms with van der Waals surface area (Å²) in [6, 6.07) is 39.5. The van der Waals surface area contributed by atoms with Crippen LogP contribution >= 0.6 is 11.8 Å². The average molecular weight is 556 g/mol. The molecule has 4 aromatic carbocycles. The Bertz CT molecular complexity index is 1620. The summed E-state index contributed by atoms with van der Waals surface area (Å²) < 4.78 is 5.32. The highest BCUT2D eigenvalue weighted by molar-refractivity contribution is 7.99. The zero-order valence-corrected chi connectivity index (χ0v) is 23.8. The molecular formula is C35H29N3O2S. The summed E-state index contributed by atoms with van der Waals surface area (Å²) in [5.41, 5.74) is 6.71. The van der Waals surface area contributed by atoms with E-state index in [0.717, 1.165) is 45.1 Å². The number of hydrogen-bond acceptors (Lipinski definition) is 5. The van der Waals surface area contributed by atoms with Crippen molar-refractivity contribution in [2.24, 2.45) is 0 Å². The van der Waals surface area contributed by atoms with Crippen molar-refractivity contribution in [3.63, 3.8) is 0 Å². The van der Waals surface area contributed by atoms with Crippen molar-refractivity contribution < 1.29 is 9.53 Å². The number of nitrogens with zero attached hydrogens (tertiary/aromatic N) is 3. The van der Waals surface area contributed by atoms with Gasteiger partial charge >= 0.3 is 0 Å². The summed E-state index contributed by atoms with van der Waals surface area (Å²) in [6.45, 7) is 2.04. The van der Waals surface area contributed by atoms with E-state index in [0.29, 0.717) is 16.3 Å². The Hall–Kier alpha value is -4.86. The number of thioether (sulfide) groups is 1. The number of carbonyl (C=O) groups excluding carboxylic acids is 1. The Kier molecular flexibility index (Phi) is 8.78. The number of para-hydroxylation sites is 2.